The van der Waals surface area contributed by atoms with Crippen LogP contribution in [-0.2, 0) is 66.9 Å². The Balaban J connectivity index is 0.000000152. The summed E-state index contributed by atoms with van der Waals surface area (Å²) in [5.74, 6) is 6.56. The molecule has 12 fully saturated rings. The van der Waals surface area contributed by atoms with Crippen molar-refractivity contribution in [1.82, 2.24) is 0 Å². The second-order valence-corrected chi connectivity index (χ2v) is 34.3. The molecule has 14 heteroatoms. The zero-order valence-electron chi connectivity index (χ0n) is 58.6. The van der Waals surface area contributed by atoms with Crippen molar-refractivity contribution >= 4 is 60.1 Å². The van der Waals surface area contributed by atoms with Gasteiger partial charge in [-0.05, 0) is 201 Å². The van der Waals surface area contributed by atoms with Gasteiger partial charge in [-0.15, -0.1) is 0 Å². The minimum absolute atomic E-state index is 0.00338. The summed E-state index contributed by atoms with van der Waals surface area (Å²) >= 11 is 0. The van der Waals surface area contributed by atoms with E-state index in [0.717, 1.165) is 109 Å². The molecule has 0 aliphatic heterocycles. The zero-order valence-corrected chi connectivity index (χ0v) is 58.6. The Kier molecular flexibility index (Phi) is 21.4. The largest absolute Gasteiger partial charge is 0.466 e. The van der Waals surface area contributed by atoms with Gasteiger partial charge >= 0.3 is 5.97 Å². The highest BCUT2D eigenvalue weighted by atomic mass is 16.5. The van der Waals surface area contributed by atoms with Crippen molar-refractivity contribution in [2.75, 3.05) is 6.61 Å². The molecule has 0 aromatic rings. The molecule has 12 aliphatic rings. The summed E-state index contributed by atoms with van der Waals surface area (Å²) < 4.78 is 22.3. The van der Waals surface area contributed by atoms with Gasteiger partial charge in [-0.25, -0.2) is 0 Å². The van der Waals surface area contributed by atoms with Crippen molar-refractivity contribution in [1.29, 1.82) is 0 Å². The average molecular weight is 1280 g/mol. The van der Waals surface area contributed by atoms with Crippen molar-refractivity contribution < 1.29 is 66.9 Å². The summed E-state index contributed by atoms with van der Waals surface area (Å²) in [6.07, 6.45) is 23.0. The average Bonchev–Trinajstić information content (AvgIpc) is 1.32. The number of ether oxygens (including phenoxy) is 4. The molecule has 0 amide bonds. The summed E-state index contributed by atoms with van der Waals surface area (Å²) in [6.45, 7) is 29.2. The second-order valence-electron chi connectivity index (χ2n) is 34.3. The maximum atomic E-state index is 13.8. The van der Waals surface area contributed by atoms with Gasteiger partial charge in [0.25, 0.3) is 19.4 Å². The molecule has 0 bridgehead atoms. The molecule has 12 saturated carbocycles. The normalized spacial score (nSPS) is 45.7. The lowest BCUT2D eigenvalue weighted by Crippen LogP contribution is -2.63. The molecule has 0 saturated heterocycles. The van der Waals surface area contributed by atoms with E-state index in [2.05, 4.69) is 76.2 Å². The fourth-order valence-corrected chi connectivity index (χ4v) is 25.7. The highest BCUT2D eigenvalue weighted by Crippen LogP contribution is 2.71. The molecule has 0 aromatic heterocycles. The van der Waals surface area contributed by atoms with Gasteiger partial charge in [-0.3, -0.25) is 47.9 Å². The molecule has 0 heterocycles. The quantitative estimate of drug-likeness (QED) is 0.0711. The maximum absolute atomic E-state index is 13.8. The van der Waals surface area contributed by atoms with Crippen LogP contribution in [0.4, 0.5) is 0 Å². The lowest BCUT2D eigenvalue weighted by atomic mass is 9.43. The second kappa shape index (κ2) is 27.8. The molecule has 0 radical (unpaired) electrons. The minimum Gasteiger partial charge on any atom is -0.466 e. The highest BCUT2D eigenvalue weighted by molar-refractivity contribution is 5.94. The molecular formula is C78H118O14. The highest BCUT2D eigenvalue weighted by Gasteiger charge is 2.70. The van der Waals surface area contributed by atoms with Crippen molar-refractivity contribution in [3.8, 4) is 0 Å². The zero-order chi connectivity index (χ0) is 66.6. The van der Waals surface area contributed by atoms with E-state index >= 15 is 0 Å². The van der Waals surface area contributed by atoms with E-state index < -0.39 is 5.41 Å². The van der Waals surface area contributed by atoms with Crippen molar-refractivity contribution in [3.05, 3.63) is 0 Å². The molecule has 0 N–H and O–H groups in total. The fourth-order valence-electron chi connectivity index (χ4n) is 25.7. The SMILES string of the molecule is CCCC(C)[C@H]1CC[C@H]2[C@@H]3C(=O)C[C@@H]4CC(=O)CC[C@]4(C)[C@H]3CC(=O)[C@]12C.CCCC(C)[C@H]1CC[C@H]2[C@@H]3[C@H](OC=O)C[C@@H]4C[C@H](OC=O)CC[C@]4(C)[C@H]3C[C@H](OC=O)[C@]12C.CCCOC(=O)CCC(C)[C@H]1CC[C@H]2[C@@H]3C(=O)C[C@@H]4CC(=O)CC[C@]4(C)[C@H]3CC(=O)[C@]12C. The van der Waals surface area contributed by atoms with E-state index in [1.807, 2.05) is 6.92 Å². The van der Waals surface area contributed by atoms with E-state index in [4.69, 9.17) is 18.9 Å². The van der Waals surface area contributed by atoms with Crippen LogP contribution >= 0.6 is 0 Å². The molecule has 0 aromatic carbocycles. The van der Waals surface area contributed by atoms with Gasteiger partial charge in [-0.1, -0.05) is 109 Å². The van der Waals surface area contributed by atoms with Gasteiger partial charge in [0.2, 0.25) is 0 Å². The van der Waals surface area contributed by atoms with E-state index in [1.165, 1.54) is 12.8 Å². The number of carbonyl (C=O) groups excluding carboxylic acids is 10. The molecule has 12 rings (SSSR count). The first-order chi connectivity index (χ1) is 43.7. The summed E-state index contributed by atoms with van der Waals surface area (Å²) in [6, 6.07) is 0. The van der Waals surface area contributed by atoms with Gasteiger partial charge in [0.05, 0.1) is 6.61 Å². The summed E-state index contributed by atoms with van der Waals surface area (Å²) in [7, 11) is 0. The van der Waals surface area contributed by atoms with Crippen molar-refractivity contribution in [3.63, 3.8) is 0 Å². The third-order valence-corrected chi connectivity index (χ3v) is 30.7. The summed E-state index contributed by atoms with van der Waals surface area (Å²) in [5.41, 5.74) is -0.888. The molecule has 14 nitrogen and oxygen atoms in total. The summed E-state index contributed by atoms with van der Waals surface area (Å²) in [4.78, 5) is 124. The monoisotopic (exact) mass is 1280 g/mol. The molecule has 0 spiro atoms. The molecule has 514 valence electrons. The Morgan fingerprint density at radius 2 is 0.967 bits per heavy atom. The third-order valence-electron chi connectivity index (χ3n) is 30.7. The van der Waals surface area contributed by atoms with Crippen LogP contribution in [0, 0.1) is 139 Å². The van der Waals surface area contributed by atoms with Crippen LogP contribution in [0.1, 0.15) is 263 Å². The lowest BCUT2D eigenvalue weighted by molar-refractivity contribution is -0.218. The smallest absolute Gasteiger partial charge is 0.305 e. The van der Waals surface area contributed by atoms with Gasteiger partial charge in [0.1, 0.15) is 53.0 Å². The van der Waals surface area contributed by atoms with E-state index in [9.17, 15) is 47.9 Å². The van der Waals surface area contributed by atoms with Gasteiger partial charge in [0.15, 0.2) is 0 Å². The Bertz CT molecular complexity index is 2770. The Morgan fingerprint density at radius 3 is 1.47 bits per heavy atom. The minimum atomic E-state index is -0.475. The standard InChI is InChI=1S/C27H42O6.C27H40O5.C24H36O3/c1-5-6-17(2)20-7-8-21-25-22(13-24(33-16-30)27(20,21)4)26(3)10-9-19(31-14-28)11-18(26)12-23(25)32-15-29;1-5-12-32-24(31)9-6-16(2)19-7-8-20-25-21(15-23(30)27(19,20)4)26(3)11-10-18(28)13-17(26)14-22(25)29;1-5-6-14(2)17-7-8-18-22-19(13-21(27)24(17,18)4)23(3)10-9-16(25)11-15(23)12-20(22)26/h14-25H,5-13H2,1-4H3;16-17,19-21,25H,5-15H2,1-4H3;14-15,17-19,22H,5-13H2,1-4H3/t17?,18-,19+,20+,21-,22-,23+,24-,25-,26-,27+;16?,17-,19+,20-,21-,25-,26-,27+;14?,15-,17+,18-,19-,22-,23-,24+/m000/s1. The number of hydrogen-bond donors (Lipinski definition) is 0. The van der Waals surface area contributed by atoms with Crippen LogP contribution in [0.5, 0.6) is 0 Å². The molecular weight excluding hydrogens is 1160 g/mol. The first kappa shape index (κ1) is 70.7. The lowest BCUT2D eigenvalue weighted by Gasteiger charge is -2.64. The number of ketones is 6. The van der Waals surface area contributed by atoms with E-state index in [0.29, 0.717) is 154 Å². The Morgan fingerprint density at radius 1 is 0.489 bits per heavy atom. The maximum Gasteiger partial charge on any atom is 0.305 e. The summed E-state index contributed by atoms with van der Waals surface area (Å²) in [5, 5.41) is 0. The Hall–Kier alpha value is -4.10. The first-order valence-electron chi connectivity index (χ1n) is 37.3. The van der Waals surface area contributed by atoms with Crippen LogP contribution in [0.25, 0.3) is 0 Å². The van der Waals surface area contributed by atoms with Gasteiger partial charge in [-0.2, -0.15) is 0 Å². The van der Waals surface area contributed by atoms with E-state index in [-0.39, 0.29) is 122 Å². The molecule has 3 unspecified atom stereocenters. The van der Waals surface area contributed by atoms with Crippen LogP contribution in [0.2, 0.25) is 0 Å². The van der Waals surface area contributed by atoms with Crippen LogP contribution in [0.3, 0.4) is 0 Å². The number of fused-ring (bicyclic) bond motifs is 15. The predicted octanol–water partition coefficient (Wildman–Crippen LogP) is 14.9. The van der Waals surface area contributed by atoms with Gasteiger partial charge in [0, 0.05) is 91.8 Å². The number of rotatable bonds is 18. The predicted molar refractivity (Wildman–Crippen MR) is 349 cm³/mol. The molecule has 12 aliphatic carbocycles. The van der Waals surface area contributed by atoms with Crippen LogP contribution in [-0.4, -0.2) is 85.0 Å². The van der Waals surface area contributed by atoms with Crippen molar-refractivity contribution in [2.24, 2.45) is 139 Å². The van der Waals surface area contributed by atoms with Crippen LogP contribution < -0.4 is 0 Å². The molecule has 92 heavy (non-hydrogen) atoms. The first-order valence-corrected chi connectivity index (χ1v) is 37.3. The van der Waals surface area contributed by atoms with Crippen molar-refractivity contribution in [2.45, 2.75) is 281 Å². The number of Topliss-reactive ketones (excluding diaryl/α,β-unsaturated/α-hetero) is 6. The number of esters is 1. The third kappa shape index (κ3) is 12.0. The molecule has 27 atom stereocenters. The number of carbonyl (C=O) groups is 10. The number of hydrogen-bond acceptors (Lipinski definition) is 14. The topological polar surface area (TPSA) is 208 Å². The van der Waals surface area contributed by atoms with Gasteiger partial charge < -0.3 is 18.9 Å². The fraction of sp³-hybridized carbons (Fsp3) is 0.872. The van der Waals surface area contributed by atoms with E-state index in [1.54, 1.807) is 0 Å². The van der Waals surface area contributed by atoms with Crippen LogP contribution in [0.15, 0.2) is 0 Å². The Labute approximate surface area is 551 Å².